The molecule has 2 unspecified atom stereocenters. The van der Waals surface area contributed by atoms with Crippen LogP contribution >= 0.6 is 0 Å². The number of amidine groups is 1. The van der Waals surface area contributed by atoms with E-state index in [9.17, 15) is 4.79 Å². The second kappa shape index (κ2) is 2.40. The van der Waals surface area contributed by atoms with Crippen LogP contribution in [0.4, 0.5) is 4.79 Å². The molecular weight excluding hydrogens is 158 g/mol. The molecule has 1 fully saturated rings. The number of carbonyl (C=O) groups is 1. The lowest BCUT2D eigenvalue weighted by Gasteiger charge is -2.12. The van der Waals surface area contributed by atoms with Gasteiger partial charge in [0.2, 0.25) is 0 Å². The highest BCUT2D eigenvalue weighted by Gasteiger charge is 2.33. The van der Waals surface area contributed by atoms with Crippen molar-refractivity contribution in [2.45, 2.75) is 12.3 Å². The molecule has 0 bridgehead atoms. The van der Waals surface area contributed by atoms with Crippen LogP contribution in [0.5, 0.6) is 0 Å². The van der Waals surface area contributed by atoms with Crippen LogP contribution in [0, 0.1) is 0 Å². The van der Waals surface area contributed by atoms with Gasteiger partial charge in [-0.05, 0) is 6.08 Å². The van der Waals surface area contributed by atoms with Crippen LogP contribution in [-0.2, 0) is 0 Å². The summed E-state index contributed by atoms with van der Waals surface area (Å²) in [6.45, 7) is 3.50. The average Bonchev–Trinajstić information content (AvgIpc) is 2.43. The average molecular weight is 165 g/mol. The molecule has 2 heterocycles. The molecule has 62 valence electrons. The predicted molar refractivity (Wildman–Crippen MR) is 41.7 cm³/mol. The molecule has 12 heavy (non-hydrogen) atoms. The first kappa shape index (κ1) is 6.96. The largest absolute Gasteiger partial charge is 0.318 e. The molecule has 0 aliphatic carbocycles. The summed E-state index contributed by atoms with van der Waals surface area (Å²) in [5, 5.41) is 12.7. The van der Waals surface area contributed by atoms with Crippen LogP contribution in [0.2, 0.25) is 0 Å². The van der Waals surface area contributed by atoms with Crippen LogP contribution in [0.3, 0.4) is 0 Å². The summed E-state index contributed by atoms with van der Waals surface area (Å²) in [7, 11) is 0. The van der Waals surface area contributed by atoms with E-state index in [2.05, 4.69) is 32.4 Å². The highest BCUT2D eigenvalue weighted by molar-refractivity contribution is 5.93. The number of hydrogen-bond acceptors (Lipinski definition) is 4. The fourth-order valence-electron chi connectivity index (χ4n) is 1.05. The van der Waals surface area contributed by atoms with Gasteiger partial charge < -0.3 is 10.6 Å². The van der Waals surface area contributed by atoms with Crippen molar-refractivity contribution in [3.8, 4) is 0 Å². The smallest absolute Gasteiger partial charge is 0.312 e. The number of azo groups is 1. The first-order valence-electron chi connectivity index (χ1n) is 3.48. The third kappa shape index (κ3) is 0.969. The molecule has 6 nitrogen and oxygen atoms in total. The van der Waals surface area contributed by atoms with E-state index in [1.165, 1.54) is 6.08 Å². The van der Waals surface area contributed by atoms with Crippen molar-refractivity contribution in [3.63, 3.8) is 0 Å². The summed E-state index contributed by atoms with van der Waals surface area (Å²) in [6, 6.07) is -0.266. The monoisotopic (exact) mass is 165 g/mol. The van der Waals surface area contributed by atoms with Crippen molar-refractivity contribution in [3.05, 3.63) is 12.7 Å². The van der Waals surface area contributed by atoms with Crippen LogP contribution in [-0.4, -0.2) is 24.2 Å². The number of rotatable bonds is 1. The van der Waals surface area contributed by atoms with E-state index in [-0.39, 0.29) is 18.4 Å². The van der Waals surface area contributed by atoms with Gasteiger partial charge >= 0.3 is 6.03 Å². The van der Waals surface area contributed by atoms with Crippen molar-refractivity contribution >= 4 is 11.9 Å². The van der Waals surface area contributed by atoms with Crippen molar-refractivity contribution in [1.82, 2.24) is 10.6 Å². The van der Waals surface area contributed by atoms with E-state index in [0.29, 0.717) is 5.84 Å². The molecule has 0 saturated carbocycles. The Labute approximate surface area is 68.5 Å². The van der Waals surface area contributed by atoms with Crippen LogP contribution < -0.4 is 10.6 Å². The topological polar surface area (TPSA) is 78.2 Å². The lowest BCUT2D eigenvalue weighted by atomic mass is 10.4. The normalized spacial score (nSPS) is 31.7. The zero-order chi connectivity index (χ0) is 8.55. The first-order chi connectivity index (χ1) is 5.79. The number of fused-ring (bicyclic) bond motifs is 1. The molecule has 0 radical (unpaired) electrons. The lowest BCUT2D eigenvalue weighted by molar-refractivity contribution is 0.247. The predicted octanol–water partition coefficient (Wildman–Crippen LogP) is 0.00170. The third-order valence-electron chi connectivity index (χ3n) is 1.60. The van der Waals surface area contributed by atoms with E-state index in [1.54, 1.807) is 0 Å². The summed E-state index contributed by atoms with van der Waals surface area (Å²) in [4.78, 5) is 14.8. The summed E-state index contributed by atoms with van der Waals surface area (Å²) < 4.78 is 0. The maximum Gasteiger partial charge on any atom is 0.318 e. The second-order valence-electron chi connectivity index (χ2n) is 2.41. The molecule has 0 aromatic rings. The van der Waals surface area contributed by atoms with Gasteiger partial charge in [0.25, 0.3) is 0 Å². The van der Waals surface area contributed by atoms with E-state index in [4.69, 9.17) is 0 Å². The van der Waals surface area contributed by atoms with Gasteiger partial charge in [-0.3, -0.25) is 0 Å². The highest BCUT2D eigenvalue weighted by Crippen LogP contribution is 2.10. The van der Waals surface area contributed by atoms with Gasteiger partial charge in [-0.15, -0.1) is 5.11 Å². The Bertz CT molecular complexity index is 294. The van der Waals surface area contributed by atoms with Crippen molar-refractivity contribution in [2.75, 3.05) is 0 Å². The van der Waals surface area contributed by atoms with Crippen molar-refractivity contribution < 1.29 is 4.79 Å². The maximum absolute atomic E-state index is 10.8. The molecule has 0 aromatic heterocycles. The van der Waals surface area contributed by atoms with E-state index in [1.807, 2.05) is 0 Å². The van der Waals surface area contributed by atoms with Gasteiger partial charge in [-0.25, -0.2) is 9.79 Å². The lowest BCUT2D eigenvalue weighted by Crippen LogP contribution is -2.32. The van der Waals surface area contributed by atoms with E-state index < -0.39 is 0 Å². The fourth-order valence-corrected chi connectivity index (χ4v) is 1.05. The Kier molecular flexibility index (Phi) is 1.39. The quantitative estimate of drug-likeness (QED) is 0.563. The summed E-state index contributed by atoms with van der Waals surface area (Å²) in [5.41, 5.74) is 0. The van der Waals surface area contributed by atoms with Crippen LogP contribution in [0.25, 0.3) is 0 Å². The summed E-state index contributed by atoms with van der Waals surface area (Å²) in [5.74, 6) is 0.445. The molecule has 2 atom stereocenters. The van der Waals surface area contributed by atoms with Crippen molar-refractivity contribution in [2.24, 2.45) is 15.2 Å². The number of nitrogens with one attached hydrogen (secondary N) is 2. The highest BCUT2D eigenvalue weighted by atomic mass is 16.2. The number of nitrogens with zero attached hydrogens (tertiary/aromatic N) is 3. The van der Waals surface area contributed by atoms with Crippen LogP contribution in [0.1, 0.15) is 0 Å². The Hall–Kier alpha value is -1.72. The van der Waals surface area contributed by atoms with Gasteiger partial charge in [0.1, 0.15) is 0 Å². The maximum atomic E-state index is 10.8. The van der Waals surface area contributed by atoms with Gasteiger partial charge in [0.05, 0.1) is 0 Å². The van der Waals surface area contributed by atoms with E-state index in [0.717, 1.165) is 0 Å². The number of urea groups is 1. The molecule has 2 rings (SSSR count). The van der Waals surface area contributed by atoms with Gasteiger partial charge in [-0.1, -0.05) is 6.58 Å². The zero-order valence-corrected chi connectivity index (χ0v) is 6.19. The zero-order valence-electron chi connectivity index (χ0n) is 6.19. The van der Waals surface area contributed by atoms with Gasteiger partial charge in [0.15, 0.2) is 18.2 Å². The second-order valence-corrected chi connectivity index (χ2v) is 2.41. The SMILES string of the molecule is C=CC1=NC2NC(=O)NC2N=N1. The minimum absolute atomic E-state index is 0.266. The fraction of sp³-hybridized carbons (Fsp3) is 0.333. The van der Waals surface area contributed by atoms with Gasteiger partial charge in [0, 0.05) is 0 Å². The number of carbonyl (C=O) groups excluding carboxylic acids is 1. The molecule has 0 aromatic carbocycles. The molecular formula is C6H7N5O. The Morgan fingerprint density at radius 1 is 1.42 bits per heavy atom. The third-order valence-corrected chi connectivity index (χ3v) is 1.60. The standard InChI is InChI=1S/C6H7N5O/c1-2-3-7-4-5(11-10-3)9-6(12)8-4/h2,4-5H,1H2,(H2,8,9,12). The Balaban J connectivity index is 2.23. The Morgan fingerprint density at radius 2 is 2.17 bits per heavy atom. The molecule has 0 spiro atoms. The van der Waals surface area contributed by atoms with Crippen LogP contribution in [0.15, 0.2) is 27.9 Å². The minimum Gasteiger partial charge on any atom is -0.312 e. The molecule has 2 aliphatic heterocycles. The molecule has 2 amide bonds. The number of hydrogen-bond donors (Lipinski definition) is 2. The Morgan fingerprint density at radius 3 is 2.92 bits per heavy atom. The van der Waals surface area contributed by atoms with Gasteiger partial charge in [-0.2, -0.15) is 5.11 Å². The van der Waals surface area contributed by atoms with E-state index >= 15 is 0 Å². The molecule has 2 N–H and O–H groups in total. The van der Waals surface area contributed by atoms with Crippen molar-refractivity contribution in [1.29, 1.82) is 0 Å². The number of amides is 2. The molecule has 1 saturated heterocycles. The summed E-state index contributed by atoms with van der Waals surface area (Å²) >= 11 is 0. The molecule has 6 heteroatoms. The minimum atomic E-state index is -0.360. The number of aliphatic imine (C=N–C) groups is 1. The summed E-state index contributed by atoms with van der Waals surface area (Å²) in [6.07, 6.45) is 0.800. The first-order valence-corrected chi connectivity index (χ1v) is 3.48. The molecule has 2 aliphatic rings.